The predicted molar refractivity (Wildman–Crippen MR) is 104 cm³/mol. The first-order valence-electron chi connectivity index (χ1n) is 8.90. The van der Waals surface area contributed by atoms with Crippen molar-refractivity contribution in [1.82, 2.24) is 4.98 Å². The molecule has 0 aliphatic carbocycles. The van der Waals surface area contributed by atoms with E-state index in [9.17, 15) is 9.18 Å². The molecule has 0 aliphatic heterocycles. The summed E-state index contributed by atoms with van der Waals surface area (Å²) in [7, 11) is 0. The highest BCUT2D eigenvalue weighted by Crippen LogP contribution is 2.37. The standard InChI is InChI=1S/C23H22FNO/c1-4-19-21(16-10-12-18(24)13-11-16)20(14-26)22(15(2)3)25-23(19)17-8-6-5-7-9-17/h5-15H,4H2,1-3H3. The fraction of sp³-hybridized carbons (Fsp3) is 0.217. The van der Waals surface area contributed by atoms with E-state index in [4.69, 9.17) is 4.98 Å². The van der Waals surface area contributed by atoms with Crippen LogP contribution in [0.2, 0.25) is 0 Å². The number of nitrogens with zero attached hydrogens (tertiary/aromatic N) is 1. The van der Waals surface area contributed by atoms with Crippen molar-refractivity contribution in [2.24, 2.45) is 0 Å². The third kappa shape index (κ3) is 3.30. The molecule has 0 N–H and O–H groups in total. The van der Waals surface area contributed by atoms with Gasteiger partial charge in [-0.05, 0) is 41.2 Å². The zero-order valence-electron chi connectivity index (χ0n) is 15.3. The Bertz CT molecular complexity index is 915. The van der Waals surface area contributed by atoms with Crippen molar-refractivity contribution < 1.29 is 9.18 Å². The Kier molecular flexibility index (Phi) is 5.27. The van der Waals surface area contributed by atoms with Gasteiger partial charge in [0.15, 0.2) is 6.29 Å². The van der Waals surface area contributed by atoms with Crippen molar-refractivity contribution in [2.45, 2.75) is 33.1 Å². The molecule has 1 aromatic heterocycles. The van der Waals surface area contributed by atoms with Gasteiger partial charge in [0, 0.05) is 11.1 Å². The second kappa shape index (κ2) is 7.61. The molecule has 0 saturated heterocycles. The van der Waals surface area contributed by atoms with Crippen molar-refractivity contribution in [3.63, 3.8) is 0 Å². The van der Waals surface area contributed by atoms with Crippen LogP contribution >= 0.6 is 0 Å². The Morgan fingerprint density at radius 3 is 2.19 bits per heavy atom. The fourth-order valence-electron chi connectivity index (χ4n) is 3.34. The molecule has 0 bridgehead atoms. The van der Waals surface area contributed by atoms with E-state index in [1.165, 1.54) is 12.1 Å². The third-order valence-electron chi connectivity index (χ3n) is 4.56. The minimum Gasteiger partial charge on any atom is -0.298 e. The molecule has 0 spiro atoms. The lowest BCUT2D eigenvalue weighted by Crippen LogP contribution is -2.08. The average molecular weight is 347 g/mol. The van der Waals surface area contributed by atoms with Gasteiger partial charge in [0.25, 0.3) is 0 Å². The van der Waals surface area contributed by atoms with Gasteiger partial charge in [0.1, 0.15) is 5.82 Å². The molecule has 0 saturated carbocycles. The Balaban J connectivity index is 2.41. The zero-order chi connectivity index (χ0) is 18.7. The molecule has 0 radical (unpaired) electrons. The topological polar surface area (TPSA) is 30.0 Å². The van der Waals surface area contributed by atoms with Gasteiger partial charge in [0.05, 0.1) is 11.4 Å². The van der Waals surface area contributed by atoms with E-state index in [0.29, 0.717) is 5.56 Å². The number of hydrogen-bond acceptors (Lipinski definition) is 2. The Labute approximate surface area is 153 Å². The Hall–Kier alpha value is -2.81. The first-order chi connectivity index (χ1) is 12.6. The summed E-state index contributed by atoms with van der Waals surface area (Å²) in [5.41, 5.74) is 5.99. The Morgan fingerprint density at radius 1 is 1.00 bits per heavy atom. The molecule has 0 fully saturated rings. The fourth-order valence-corrected chi connectivity index (χ4v) is 3.34. The number of hydrogen-bond donors (Lipinski definition) is 0. The molecule has 0 aliphatic rings. The number of carbonyl (C=O) groups is 1. The van der Waals surface area contributed by atoms with E-state index in [2.05, 4.69) is 6.92 Å². The van der Waals surface area contributed by atoms with Crippen molar-refractivity contribution in [3.8, 4) is 22.4 Å². The molecular formula is C23H22FNO. The average Bonchev–Trinajstić information content (AvgIpc) is 2.67. The lowest BCUT2D eigenvalue weighted by molar-refractivity contribution is 0.112. The number of pyridine rings is 1. The van der Waals surface area contributed by atoms with Crippen LogP contribution in [0.5, 0.6) is 0 Å². The van der Waals surface area contributed by atoms with Gasteiger partial charge in [-0.1, -0.05) is 63.2 Å². The number of benzene rings is 2. The van der Waals surface area contributed by atoms with Gasteiger partial charge >= 0.3 is 0 Å². The smallest absolute Gasteiger partial charge is 0.152 e. The second-order valence-electron chi connectivity index (χ2n) is 6.61. The van der Waals surface area contributed by atoms with Gasteiger partial charge in [0.2, 0.25) is 0 Å². The first-order valence-corrected chi connectivity index (χ1v) is 8.90. The van der Waals surface area contributed by atoms with Crippen molar-refractivity contribution in [3.05, 3.63) is 77.2 Å². The number of rotatable bonds is 5. The summed E-state index contributed by atoms with van der Waals surface area (Å²) in [4.78, 5) is 16.9. The van der Waals surface area contributed by atoms with Crippen molar-refractivity contribution in [1.29, 1.82) is 0 Å². The number of aromatic nitrogens is 1. The van der Waals surface area contributed by atoms with E-state index in [0.717, 1.165) is 46.3 Å². The van der Waals surface area contributed by atoms with Crippen LogP contribution in [0.1, 0.15) is 48.3 Å². The molecule has 3 rings (SSSR count). The summed E-state index contributed by atoms with van der Waals surface area (Å²) in [6, 6.07) is 16.3. The van der Waals surface area contributed by atoms with Gasteiger partial charge in [-0.2, -0.15) is 0 Å². The van der Waals surface area contributed by atoms with E-state index >= 15 is 0 Å². The maximum Gasteiger partial charge on any atom is 0.152 e. The van der Waals surface area contributed by atoms with E-state index in [1.807, 2.05) is 44.2 Å². The van der Waals surface area contributed by atoms with Crippen LogP contribution in [-0.2, 0) is 6.42 Å². The quantitative estimate of drug-likeness (QED) is 0.526. The SMILES string of the molecule is CCc1c(-c2ccccc2)nc(C(C)C)c(C=O)c1-c1ccc(F)cc1. The van der Waals surface area contributed by atoms with E-state index in [-0.39, 0.29) is 11.7 Å². The molecule has 1 heterocycles. The van der Waals surface area contributed by atoms with Gasteiger partial charge in [-0.25, -0.2) is 4.39 Å². The minimum atomic E-state index is -0.291. The van der Waals surface area contributed by atoms with Crippen LogP contribution in [0.4, 0.5) is 4.39 Å². The lowest BCUT2D eigenvalue weighted by Gasteiger charge is -2.20. The van der Waals surface area contributed by atoms with Gasteiger partial charge < -0.3 is 0 Å². The summed E-state index contributed by atoms with van der Waals surface area (Å²) in [6.45, 7) is 6.12. The predicted octanol–water partition coefficient (Wildman–Crippen LogP) is 6.05. The highest BCUT2D eigenvalue weighted by molar-refractivity contribution is 5.93. The molecule has 3 aromatic rings. The van der Waals surface area contributed by atoms with Crippen molar-refractivity contribution >= 4 is 6.29 Å². The molecule has 132 valence electrons. The summed E-state index contributed by atoms with van der Waals surface area (Å²) in [5, 5.41) is 0. The molecule has 0 unspecified atom stereocenters. The summed E-state index contributed by atoms with van der Waals surface area (Å²) in [6.07, 6.45) is 1.61. The van der Waals surface area contributed by atoms with Gasteiger partial charge in [-0.3, -0.25) is 9.78 Å². The molecule has 0 atom stereocenters. The Morgan fingerprint density at radius 2 is 1.65 bits per heavy atom. The molecule has 26 heavy (non-hydrogen) atoms. The first kappa shape index (κ1) is 18.0. The molecule has 2 nitrogen and oxygen atoms in total. The monoisotopic (exact) mass is 347 g/mol. The van der Waals surface area contributed by atoms with Crippen LogP contribution < -0.4 is 0 Å². The molecule has 3 heteroatoms. The number of aldehydes is 1. The highest BCUT2D eigenvalue weighted by Gasteiger charge is 2.22. The van der Waals surface area contributed by atoms with Crippen LogP contribution in [0.15, 0.2) is 54.6 Å². The summed E-state index contributed by atoms with van der Waals surface area (Å²) >= 11 is 0. The molecule has 2 aromatic carbocycles. The second-order valence-corrected chi connectivity index (χ2v) is 6.61. The maximum atomic E-state index is 13.4. The summed E-state index contributed by atoms with van der Waals surface area (Å²) in [5.74, 6) is -0.191. The van der Waals surface area contributed by atoms with Crippen molar-refractivity contribution in [2.75, 3.05) is 0 Å². The minimum absolute atomic E-state index is 0.0998. The molecular weight excluding hydrogens is 325 g/mol. The van der Waals surface area contributed by atoms with Crippen LogP contribution in [0.3, 0.4) is 0 Å². The van der Waals surface area contributed by atoms with E-state index in [1.54, 1.807) is 12.1 Å². The van der Waals surface area contributed by atoms with Crippen LogP contribution in [0, 0.1) is 5.82 Å². The number of carbonyl (C=O) groups excluding carboxylic acids is 1. The van der Waals surface area contributed by atoms with Crippen LogP contribution in [-0.4, -0.2) is 11.3 Å². The maximum absolute atomic E-state index is 13.4. The van der Waals surface area contributed by atoms with E-state index < -0.39 is 0 Å². The van der Waals surface area contributed by atoms with Gasteiger partial charge in [-0.15, -0.1) is 0 Å². The zero-order valence-corrected chi connectivity index (χ0v) is 15.3. The highest BCUT2D eigenvalue weighted by atomic mass is 19.1. The summed E-state index contributed by atoms with van der Waals surface area (Å²) < 4.78 is 13.4. The third-order valence-corrected chi connectivity index (χ3v) is 4.56. The number of halogens is 1. The molecule has 0 amide bonds. The van der Waals surface area contributed by atoms with Crippen LogP contribution in [0.25, 0.3) is 22.4 Å². The largest absolute Gasteiger partial charge is 0.298 e. The normalized spacial score (nSPS) is 11.0. The lowest BCUT2D eigenvalue weighted by atomic mass is 9.87.